The van der Waals surface area contributed by atoms with Crippen LogP contribution in [-0.4, -0.2) is 27.2 Å². The number of rotatable bonds is 5. The average Bonchev–Trinajstić information content (AvgIpc) is 3.18. The molecule has 0 saturated heterocycles. The molecule has 3 heterocycles. The van der Waals surface area contributed by atoms with Gasteiger partial charge in [-0.15, -0.1) is 0 Å². The molecule has 148 valence electrons. The Labute approximate surface area is 167 Å². The third kappa shape index (κ3) is 3.96. The molecular formula is C21H20N4O4. The maximum atomic E-state index is 12.9. The average molecular weight is 392 g/mol. The molecule has 1 amide bonds. The van der Waals surface area contributed by atoms with E-state index in [1.165, 1.54) is 4.57 Å². The number of hydrogen-bond acceptors (Lipinski definition) is 6. The molecule has 2 aromatic heterocycles. The molecule has 4 rings (SSSR count). The van der Waals surface area contributed by atoms with Crippen LogP contribution in [0.3, 0.4) is 0 Å². The van der Waals surface area contributed by atoms with Crippen molar-refractivity contribution in [3.63, 3.8) is 0 Å². The minimum atomic E-state index is -0.435. The summed E-state index contributed by atoms with van der Waals surface area (Å²) >= 11 is 0. The van der Waals surface area contributed by atoms with Gasteiger partial charge in [-0.05, 0) is 43.2 Å². The SMILES string of the molecule is Cc1cnc(CNC(=O)c2c(C)ccn(Cc3ccc4c(c3)OCO4)c2=O)cn1. The number of aromatic nitrogens is 3. The highest BCUT2D eigenvalue weighted by atomic mass is 16.7. The van der Waals surface area contributed by atoms with Gasteiger partial charge in [0.25, 0.3) is 11.5 Å². The number of aryl methyl sites for hydroxylation is 2. The van der Waals surface area contributed by atoms with E-state index in [1.54, 1.807) is 31.6 Å². The smallest absolute Gasteiger partial charge is 0.263 e. The van der Waals surface area contributed by atoms with Gasteiger partial charge in [-0.2, -0.15) is 0 Å². The van der Waals surface area contributed by atoms with Crippen molar-refractivity contribution in [1.29, 1.82) is 0 Å². The Bertz CT molecular complexity index is 1120. The fourth-order valence-corrected chi connectivity index (χ4v) is 3.07. The van der Waals surface area contributed by atoms with Gasteiger partial charge < -0.3 is 19.4 Å². The third-order valence-corrected chi connectivity index (χ3v) is 4.65. The largest absolute Gasteiger partial charge is 0.454 e. The second-order valence-electron chi connectivity index (χ2n) is 6.83. The number of hydrogen-bond donors (Lipinski definition) is 1. The summed E-state index contributed by atoms with van der Waals surface area (Å²) in [6, 6.07) is 7.28. The van der Waals surface area contributed by atoms with Gasteiger partial charge in [-0.3, -0.25) is 19.6 Å². The van der Waals surface area contributed by atoms with Crippen LogP contribution in [0.4, 0.5) is 0 Å². The van der Waals surface area contributed by atoms with Crippen LogP contribution >= 0.6 is 0 Å². The number of pyridine rings is 1. The Balaban J connectivity index is 1.53. The minimum Gasteiger partial charge on any atom is -0.454 e. The highest BCUT2D eigenvalue weighted by Crippen LogP contribution is 2.32. The first-order valence-corrected chi connectivity index (χ1v) is 9.15. The monoisotopic (exact) mass is 392 g/mol. The zero-order valence-electron chi connectivity index (χ0n) is 16.1. The van der Waals surface area contributed by atoms with E-state index in [2.05, 4.69) is 15.3 Å². The molecule has 8 nitrogen and oxygen atoms in total. The van der Waals surface area contributed by atoms with Crippen LogP contribution < -0.4 is 20.3 Å². The molecule has 1 N–H and O–H groups in total. The normalized spacial score (nSPS) is 12.1. The van der Waals surface area contributed by atoms with Crippen LogP contribution in [0.2, 0.25) is 0 Å². The van der Waals surface area contributed by atoms with Crippen molar-refractivity contribution in [2.24, 2.45) is 0 Å². The summed E-state index contributed by atoms with van der Waals surface area (Å²) in [5, 5.41) is 2.75. The lowest BCUT2D eigenvalue weighted by molar-refractivity contribution is 0.0947. The number of nitrogens with one attached hydrogen (secondary N) is 1. The van der Waals surface area contributed by atoms with Gasteiger partial charge in [-0.25, -0.2) is 0 Å². The first-order chi connectivity index (χ1) is 14.0. The molecule has 8 heteroatoms. The zero-order valence-corrected chi connectivity index (χ0v) is 16.1. The summed E-state index contributed by atoms with van der Waals surface area (Å²) in [7, 11) is 0. The van der Waals surface area contributed by atoms with Crippen molar-refractivity contribution in [3.8, 4) is 11.5 Å². The van der Waals surface area contributed by atoms with Crippen LogP contribution in [0.1, 0.15) is 32.9 Å². The van der Waals surface area contributed by atoms with Crippen LogP contribution in [0.5, 0.6) is 11.5 Å². The summed E-state index contributed by atoms with van der Waals surface area (Å²) in [5.41, 5.74) is 2.68. The lowest BCUT2D eigenvalue weighted by Crippen LogP contribution is -2.34. The van der Waals surface area contributed by atoms with E-state index in [0.717, 1.165) is 11.3 Å². The Morgan fingerprint density at radius 2 is 1.97 bits per heavy atom. The Morgan fingerprint density at radius 3 is 2.76 bits per heavy atom. The van der Waals surface area contributed by atoms with Gasteiger partial charge in [0.2, 0.25) is 6.79 Å². The van der Waals surface area contributed by atoms with E-state index in [-0.39, 0.29) is 24.5 Å². The molecule has 0 atom stereocenters. The number of carbonyl (C=O) groups excluding carboxylic acids is 1. The maximum absolute atomic E-state index is 12.9. The van der Waals surface area contributed by atoms with Gasteiger partial charge in [-0.1, -0.05) is 6.07 Å². The molecule has 1 aliphatic rings. The molecule has 0 fully saturated rings. The summed E-state index contributed by atoms with van der Waals surface area (Å²) in [6.45, 7) is 4.29. The predicted molar refractivity (Wildman–Crippen MR) is 105 cm³/mol. The molecule has 1 aliphatic heterocycles. The number of nitrogens with zero attached hydrogens (tertiary/aromatic N) is 3. The maximum Gasteiger partial charge on any atom is 0.263 e. The molecule has 0 unspecified atom stereocenters. The van der Waals surface area contributed by atoms with E-state index in [4.69, 9.17) is 9.47 Å². The summed E-state index contributed by atoms with van der Waals surface area (Å²) < 4.78 is 12.2. The summed E-state index contributed by atoms with van der Waals surface area (Å²) in [4.78, 5) is 34.0. The molecule has 1 aromatic carbocycles. The number of fused-ring (bicyclic) bond motifs is 1. The van der Waals surface area contributed by atoms with E-state index < -0.39 is 5.91 Å². The van der Waals surface area contributed by atoms with Crippen LogP contribution in [0.25, 0.3) is 0 Å². The Morgan fingerprint density at radius 1 is 1.14 bits per heavy atom. The molecule has 0 aliphatic carbocycles. The molecule has 0 saturated carbocycles. The van der Waals surface area contributed by atoms with Crippen molar-refractivity contribution >= 4 is 5.91 Å². The Kier molecular flexibility index (Phi) is 4.99. The molecule has 0 spiro atoms. The second kappa shape index (κ2) is 7.75. The fourth-order valence-electron chi connectivity index (χ4n) is 3.07. The molecule has 3 aromatic rings. The van der Waals surface area contributed by atoms with Crippen molar-refractivity contribution in [2.45, 2.75) is 26.9 Å². The van der Waals surface area contributed by atoms with Gasteiger partial charge >= 0.3 is 0 Å². The predicted octanol–water partition coefficient (Wildman–Crippen LogP) is 1.96. The first kappa shape index (κ1) is 18.7. The molecule has 29 heavy (non-hydrogen) atoms. The van der Waals surface area contributed by atoms with Crippen molar-refractivity contribution in [3.05, 3.63) is 81.3 Å². The highest BCUT2D eigenvalue weighted by molar-refractivity contribution is 5.95. The zero-order chi connectivity index (χ0) is 20.4. The lowest BCUT2D eigenvalue weighted by Gasteiger charge is -2.11. The van der Waals surface area contributed by atoms with Gasteiger partial charge in [0, 0.05) is 12.4 Å². The van der Waals surface area contributed by atoms with Crippen molar-refractivity contribution < 1.29 is 14.3 Å². The van der Waals surface area contributed by atoms with E-state index in [9.17, 15) is 9.59 Å². The Hall–Kier alpha value is -3.68. The highest BCUT2D eigenvalue weighted by Gasteiger charge is 2.17. The second-order valence-corrected chi connectivity index (χ2v) is 6.83. The van der Waals surface area contributed by atoms with Crippen LogP contribution in [-0.2, 0) is 13.1 Å². The van der Waals surface area contributed by atoms with Gasteiger partial charge in [0.1, 0.15) is 5.56 Å². The van der Waals surface area contributed by atoms with Crippen LogP contribution in [0.15, 0.2) is 47.7 Å². The van der Waals surface area contributed by atoms with Gasteiger partial charge in [0.15, 0.2) is 11.5 Å². The molecule has 0 radical (unpaired) electrons. The first-order valence-electron chi connectivity index (χ1n) is 9.15. The minimum absolute atomic E-state index is 0.119. The molecule has 0 bridgehead atoms. The molecular weight excluding hydrogens is 372 g/mol. The number of amides is 1. The van der Waals surface area contributed by atoms with E-state index >= 15 is 0 Å². The third-order valence-electron chi connectivity index (χ3n) is 4.65. The van der Waals surface area contributed by atoms with Crippen molar-refractivity contribution in [1.82, 2.24) is 19.9 Å². The van der Waals surface area contributed by atoms with E-state index in [1.807, 2.05) is 25.1 Å². The fraction of sp³-hybridized carbons (Fsp3) is 0.238. The van der Waals surface area contributed by atoms with Gasteiger partial charge in [0.05, 0.1) is 30.7 Å². The lowest BCUT2D eigenvalue weighted by atomic mass is 10.1. The standard InChI is InChI=1S/C21H20N4O4/c1-13-5-6-25(11-15-3-4-17-18(7-15)29-12-28-17)21(27)19(13)20(26)24-10-16-9-22-14(2)8-23-16/h3-9H,10-12H2,1-2H3,(H,24,26). The van der Waals surface area contributed by atoms with Crippen molar-refractivity contribution in [2.75, 3.05) is 6.79 Å². The number of carbonyl (C=O) groups is 1. The summed E-state index contributed by atoms with van der Waals surface area (Å²) in [6.07, 6.45) is 4.92. The topological polar surface area (TPSA) is 95.3 Å². The number of ether oxygens (including phenoxy) is 2. The van der Waals surface area contributed by atoms with E-state index in [0.29, 0.717) is 29.3 Å². The summed E-state index contributed by atoms with van der Waals surface area (Å²) in [5.74, 6) is 0.902. The van der Waals surface area contributed by atoms with Crippen LogP contribution in [0, 0.1) is 13.8 Å². The number of benzene rings is 1. The quantitative estimate of drug-likeness (QED) is 0.713.